The molecule has 13 heavy (non-hydrogen) atoms. The van der Waals surface area contributed by atoms with Crippen LogP contribution in [0.2, 0.25) is 0 Å². The fourth-order valence-electron chi connectivity index (χ4n) is 1.35. The fraction of sp³-hybridized carbons (Fsp3) is 0.400. The first-order valence-electron chi connectivity index (χ1n) is 4.39. The van der Waals surface area contributed by atoms with Gasteiger partial charge in [0, 0.05) is 12.1 Å². The maximum Gasteiger partial charge on any atom is 0.120 e. The van der Waals surface area contributed by atoms with Gasteiger partial charge < -0.3 is 15.9 Å². The molecule has 0 spiro atoms. The highest BCUT2D eigenvalue weighted by Gasteiger charge is 2.11. The minimum atomic E-state index is -0.536. The van der Waals surface area contributed by atoms with Crippen molar-refractivity contribution in [2.24, 2.45) is 5.73 Å². The summed E-state index contributed by atoms with van der Waals surface area (Å²) in [5.41, 5.74) is 6.84. The van der Waals surface area contributed by atoms with Crippen molar-refractivity contribution in [3.05, 3.63) is 29.3 Å². The van der Waals surface area contributed by atoms with Crippen molar-refractivity contribution >= 4 is 0 Å². The van der Waals surface area contributed by atoms with Crippen molar-refractivity contribution in [1.82, 2.24) is 0 Å². The molecule has 0 fully saturated rings. The van der Waals surface area contributed by atoms with E-state index >= 15 is 0 Å². The van der Waals surface area contributed by atoms with E-state index in [1.165, 1.54) is 0 Å². The van der Waals surface area contributed by atoms with Crippen LogP contribution in [-0.2, 0) is 6.54 Å². The Morgan fingerprint density at radius 2 is 2.15 bits per heavy atom. The molecule has 0 unspecified atom stereocenters. The van der Waals surface area contributed by atoms with Gasteiger partial charge >= 0.3 is 0 Å². The minimum absolute atomic E-state index is 0.160. The first-order valence-corrected chi connectivity index (χ1v) is 4.39. The summed E-state index contributed by atoms with van der Waals surface area (Å²) < 4.78 is 0. The Labute approximate surface area is 77.8 Å². The summed E-state index contributed by atoms with van der Waals surface area (Å²) in [6.07, 6.45) is 0.0850. The Bertz CT molecular complexity index is 286. The van der Waals surface area contributed by atoms with Crippen molar-refractivity contribution < 1.29 is 10.2 Å². The molecule has 4 N–H and O–H groups in total. The predicted octanol–water partition coefficient (Wildman–Crippen LogP) is 1.29. The zero-order valence-electron chi connectivity index (χ0n) is 7.70. The van der Waals surface area contributed by atoms with Crippen molar-refractivity contribution in [2.45, 2.75) is 26.0 Å². The van der Waals surface area contributed by atoms with Gasteiger partial charge in [0.25, 0.3) is 0 Å². The van der Waals surface area contributed by atoms with Gasteiger partial charge in [-0.05, 0) is 18.1 Å². The molecule has 72 valence electrons. The number of hydrogen-bond donors (Lipinski definition) is 3. The van der Waals surface area contributed by atoms with Crippen LogP contribution >= 0.6 is 0 Å². The van der Waals surface area contributed by atoms with Gasteiger partial charge in [0.05, 0.1) is 6.10 Å². The summed E-state index contributed by atoms with van der Waals surface area (Å²) in [6, 6.07) is 5.08. The number of nitrogens with two attached hydrogens (primary N) is 1. The van der Waals surface area contributed by atoms with Crippen LogP contribution in [0.5, 0.6) is 5.75 Å². The molecule has 0 aliphatic heterocycles. The van der Waals surface area contributed by atoms with E-state index in [2.05, 4.69) is 0 Å². The molecule has 3 heteroatoms. The van der Waals surface area contributed by atoms with E-state index in [1.54, 1.807) is 18.2 Å². The number of phenolic OH excluding ortho intramolecular Hbond substituents is 1. The van der Waals surface area contributed by atoms with Gasteiger partial charge in [-0.2, -0.15) is 0 Å². The second-order valence-electron chi connectivity index (χ2n) is 2.97. The monoisotopic (exact) mass is 181 g/mol. The number of aliphatic hydroxyl groups is 1. The Morgan fingerprint density at radius 1 is 1.46 bits per heavy atom. The summed E-state index contributed by atoms with van der Waals surface area (Å²) in [5, 5.41) is 19.0. The van der Waals surface area contributed by atoms with Crippen LogP contribution < -0.4 is 5.73 Å². The van der Waals surface area contributed by atoms with Crippen LogP contribution in [0.1, 0.15) is 30.6 Å². The average molecular weight is 181 g/mol. The molecular formula is C10H15NO2. The van der Waals surface area contributed by atoms with Crippen LogP contribution in [0.25, 0.3) is 0 Å². The number of rotatable bonds is 3. The van der Waals surface area contributed by atoms with Crippen molar-refractivity contribution in [2.75, 3.05) is 0 Å². The highest BCUT2D eigenvalue weighted by molar-refractivity contribution is 5.40. The van der Waals surface area contributed by atoms with Gasteiger partial charge in [0.2, 0.25) is 0 Å². The Hall–Kier alpha value is -1.06. The molecule has 0 saturated carbocycles. The lowest BCUT2D eigenvalue weighted by Gasteiger charge is -2.13. The topological polar surface area (TPSA) is 66.5 Å². The highest BCUT2D eigenvalue weighted by atomic mass is 16.3. The van der Waals surface area contributed by atoms with Crippen LogP contribution in [0, 0.1) is 0 Å². The van der Waals surface area contributed by atoms with E-state index in [4.69, 9.17) is 5.73 Å². The van der Waals surface area contributed by atoms with E-state index in [9.17, 15) is 10.2 Å². The van der Waals surface area contributed by atoms with E-state index in [0.717, 1.165) is 5.56 Å². The zero-order valence-corrected chi connectivity index (χ0v) is 7.70. The quantitative estimate of drug-likeness (QED) is 0.658. The van der Waals surface area contributed by atoms with E-state index < -0.39 is 6.10 Å². The second kappa shape index (κ2) is 4.25. The third kappa shape index (κ3) is 1.99. The van der Waals surface area contributed by atoms with Gasteiger partial charge in [-0.25, -0.2) is 0 Å². The standard InChI is InChI=1S/C10H15NO2/c1-2-9(12)7-4-3-5-10(13)8(7)6-11/h3-5,9,12-13H,2,6,11H2,1H3/t9-/m1/s1. The number of phenols is 1. The Kier molecular flexibility index (Phi) is 3.28. The van der Waals surface area contributed by atoms with Gasteiger partial charge in [-0.1, -0.05) is 19.1 Å². The third-order valence-electron chi connectivity index (χ3n) is 2.14. The molecule has 0 amide bonds. The van der Waals surface area contributed by atoms with E-state index in [-0.39, 0.29) is 12.3 Å². The normalized spacial score (nSPS) is 12.8. The molecular weight excluding hydrogens is 166 g/mol. The van der Waals surface area contributed by atoms with Gasteiger partial charge in [0.1, 0.15) is 5.75 Å². The van der Waals surface area contributed by atoms with E-state index in [1.807, 2.05) is 6.92 Å². The van der Waals surface area contributed by atoms with Gasteiger partial charge in [-0.3, -0.25) is 0 Å². The third-order valence-corrected chi connectivity index (χ3v) is 2.14. The summed E-state index contributed by atoms with van der Waals surface area (Å²) in [5.74, 6) is 0.160. The van der Waals surface area contributed by atoms with Gasteiger partial charge in [-0.15, -0.1) is 0 Å². The first kappa shape index (κ1) is 10.0. The zero-order chi connectivity index (χ0) is 9.84. The molecule has 0 aromatic heterocycles. The molecule has 1 atom stereocenters. The molecule has 1 aromatic carbocycles. The molecule has 0 radical (unpaired) electrons. The predicted molar refractivity (Wildman–Crippen MR) is 51.2 cm³/mol. The lowest BCUT2D eigenvalue weighted by atomic mass is 10.00. The largest absolute Gasteiger partial charge is 0.508 e. The molecule has 3 nitrogen and oxygen atoms in total. The maximum atomic E-state index is 9.60. The molecule has 0 aliphatic carbocycles. The number of aromatic hydroxyl groups is 1. The van der Waals surface area contributed by atoms with Crippen molar-refractivity contribution in [3.63, 3.8) is 0 Å². The van der Waals surface area contributed by atoms with Gasteiger partial charge in [0.15, 0.2) is 0 Å². The van der Waals surface area contributed by atoms with Crippen LogP contribution in [0.4, 0.5) is 0 Å². The smallest absolute Gasteiger partial charge is 0.120 e. The van der Waals surface area contributed by atoms with Crippen LogP contribution in [-0.4, -0.2) is 10.2 Å². The molecule has 0 saturated heterocycles. The van der Waals surface area contributed by atoms with Crippen molar-refractivity contribution in [3.8, 4) is 5.75 Å². The van der Waals surface area contributed by atoms with Crippen LogP contribution in [0.15, 0.2) is 18.2 Å². The second-order valence-corrected chi connectivity index (χ2v) is 2.97. The first-order chi connectivity index (χ1) is 6.20. The van der Waals surface area contributed by atoms with E-state index in [0.29, 0.717) is 12.0 Å². The van der Waals surface area contributed by atoms with Crippen molar-refractivity contribution in [1.29, 1.82) is 0 Å². The summed E-state index contributed by atoms with van der Waals surface area (Å²) >= 11 is 0. The summed E-state index contributed by atoms with van der Waals surface area (Å²) in [6.45, 7) is 2.13. The molecule has 0 bridgehead atoms. The minimum Gasteiger partial charge on any atom is -0.508 e. The SMILES string of the molecule is CC[C@@H](O)c1cccc(O)c1CN. The van der Waals surface area contributed by atoms with Crippen LogP contribution in [0.3, 0.4) is 0 Å². The summed E-state index contributed by atoms with van der Waals surface area (Å²) in [4.78, 5) is 0. The Morgan fingerprint density at radius 3 is 2.69 bits per heavy atom. The lowest BCUT2D eigenvalue weighted by molar-refractivity contribution is 0.172. The lowest BCUT2D eigenvalue weighted by Crippen LogP contribution is -2.05. The number of aliphatic hydroxyl groups excluding tert-OH is 1. The molecule has 1 rings (SSSR count). The Balaban J connectivity index is 3.12. The average Bonchev–Trinajstić information content (AvgIpc) is 2.16. The fourth-order valence-corrected chi connectivity index (χ4v) is 1.35. The molecule has 1 aromatic rings. The highest BCUT2D eigenvalue weighted by Crippen LogP contribution is 2.26. The number of hydrogen-bond acceptors (Lipinski definition) is 3. The summed E-state index contributed by atoms with van der Waals surface area (Å²) in [7, 11) is 0. The number of benzene rings is 1. The maximum absolute atomic E-state index is 9.60. The molecule has 0 aliphatic rings. The molecule has 0 heterocycles.